The third-order valence-corrected chi connectivity index (χ3v) is 1.13. The molecule has 4 nitrogen and oxygen atoms in total. The Labute approximate surface area is 64.0 Å². The van der Waals surface area contributed by atoms with Crippen molar-refractivity contribution in [1.29, 1.82) is 0 Å². The zero-order chi connectivity index (χ0) is 8.10. The lowest BCUT2D eigenvalue weighted by molar-refractivity contribution is -0.138. The standard InChI is InChI=1S/C7H9NO3/c9-7(10)3-6-11-8-4-1-2-5-8/h1-2,4-5H,3,6H2,(H,9,10). The number of hydrogen-bond acceptors (Lipinski definition) is 2. The van der Waals surface area contributed by atoms with Crippen LogP contribution in [0.3, 0.4) is 0 Å². The van der Waals surface area contributed by atoms with Crippen molar-refractivity contribution in [1.82, 2.24) is 4.73 Å². The van der Waals surface area contributed by atoms with Crippen LogP contribution >= 0.6 is 0 Å². The molecule has 0 spiro atoms. The molecule has 1 N–H and O–H groups in total. The Hall–Kier alpha value is -1.45. The molecule has 0 atom stereocenters. The molecule has 0 aliphatic carbocycles. The van der Waals surface area contributed by atoms with Gasteiger partial charge in [0.15, 0.2) is 0 Å². The fraction of sp³-hybridized carbons (Fsp3) is 0.286. The van der Waals surface area contributed by atoms with Gasteiger partial charge in [0, 0.05) is 12.4 Å². The van der Waals surface area contributed by atoms with E-state index in [4.69, 9.17) is 9.94 Å². The molecular formula is C7H9NO3. The maximum atomic E-state index is 10.0. The van der Waals surface area contributed by atoms with E-state index in [0.717, 1.165) is 0 Å². The summed E-state index contributed by atoms with van der Waals surface area (Å²) in [6.07, 6.45) is 3.45. The van der Waals surface area contributed by atoms with Crippen molar-refractivity contribution in [2.75, 3.05) is 6.61 Å². The monoisotopic (exact) mass is 155 g/mol. The fourth-order valence-electron chi connectivity index (χ4n) is 0.643. The molecule has 0 bridgehead atoms. The average Bonchev–Trinajstić information content (AvgIpc) is 2.39. The van der Waals surface area contributed by atoms with Crippen molar-refractivity contribution in [3.8, 4) is 0 Å². The van der Waals surface area contributed by atoms with Gasteiger partial charge in [-0.15, -0.1) is 0 Å². The minimum absolute atomic E-state index is 0.0260. The number of carboxylic acid groups (broad SMARTS) is 1. The Balaban J connectivity index is 2.19. The van der Waals surface area contributed by atoms with E-state index in [1.165, 1.54) is 4.73 Å². The Morgan fingerprint density at radius 3 is 2.64 bits per heavy atom. The van der Waals surface area contributed by atoms with Gasteiger partial charge in [0.25, 0.3) is 0 Å². The lowest BCUT2D eigenvalue weighted by Crippen LogP contribution is -2.13. The molecule has 1 rings (SSSR count). The number of rotatable bonds is 4. The van der Waals surface area contributed by atoms with E-state index in [1.807, 2.05) is 0 Å². The van der Waals surface area contributed by atoms with E-state index in [-0.39, 0.29) is 13.0 Å². The van der Waals surface area contributed by atoms with Crippen LogP contribution in [0.15, 0.2) is 24.5 Å². The van der Waals surface area contributed by atoms with Gasteiger partial charge in [-0.2, -0.15) is 4.73 Å². The second-order valence-electron chi connectivity index (χ2n) is 2.02. The molecule has 1 heterocycles. The lowest BCUT2D eigenvalue weighted by Gasteiger charge is -2.02. The summed E-state index contributed by atoms with van der Waals surface area (Å²) >= 11 is 0. The highest BCUT2D eigenvalue weighted by Gasteiger charge is 1.95. The first kappa shape index (κ1) is 7.65. The van der Waals surface area contributed by atoms with Crippen LogP contribution in [0, 0.1) is 0 Å². The van der Waals surface area contributed by atoms with Gasteiger partial charge in [-0.3, -0.25) is 4.79 Å². The zero-order valence-electron chi connectivity index (χ0n) is 5.93. The van der Waals surface area contributed by atoms with Crippen LogP contribution in [-0.4, -0.2) is 22.4 Å². The van der Waals surface area contributed by atoms with E-state index in [0.29, 0.717) is 0 Å². The van der Waals surface area contributed by atoms with Gasteiger partial charge >= 0.3 is 5.97 Å². The second-order valence-corrected chi connectivity index (χ2v) is 2.02. The second kappa shape index (κ2) is 3.65. The minimum Gasteiger partial charge on any atom is -0.481 e. The Morgan fingerprint density at radius 2 is 2.09 bits per heavy atom. The minimum atomic E-state index is -0.850. The molecule has 0 saturated carbocycles. The van der Waals surface area contributed by atoms with Crippen molar-refractivity contribution in [2.24, 2.45) is 0 Å². The molecule has 0 unspecified atom stereocenters. The summed E-state index contributed by atoms with van der Waals surface area (Å²) in [5, 5.41) is 8.25. The zero-order valence-corrected chi connectivity index (χ0v) is 5.93. The van der Waals surface area contributed by atoms with Crippen LogP contribution in [0.25, 0.3) is 0 Å². The van der Waals surface area contributed by atoms with E-state index in [2.05, 4.69) is 0 Å². The Kier molecular flexibility index (Phi) is 2.54. The summed E-state index contributed by atoms with van der Waals surface area (Å²) in [5.41, 5.74) is 0. The highest BCUT2D eigenvalue weighted by atomic mass is 16.7. The molecular weight excluding hydrogens is 146 g/mol. The number of hydrogen-bond donors (Lipinski definition) is 1. The number of aliphatic carboxylic acids is 1. The number of carbonyl (C=O) groups is 1. The predicted octanol–water partition coefficient (Wildman–Crippen LogP) is 0.391. The van der Waals surface area contributed by atoms with Crippen LogP contribution in [0.1, 0.15) is 6.42 Å². The first-order valence-electron chi connectivity index (χ1n) is 3.27. The lowest BCUT2D eigenvalue weighted by atomic mass is 10.5. The molecule has 0 saturated heterocycles. The van der Waals surface area contributed by atoms with Gasteiger partial charge in [-0.05, 0) is 12.1 Å². The Bertz CT molecular complexity index is 218. The molecule has 0 aromatic carbocycles. The molecule has 0 fully saturated rings. The van der Waals surface area contributed by atoms with Gasteiger partial charge in [0.2, 0.25) is 0 Å². The quantitative estimate of drug-likeness (QED) is 0.684. The van der Waals surface area contributed by atoms with Crippen molar-refractivity contribution < 1.29 is 14.7 Å². The van der Waals surface area contributed by atoms with Crippen molar-refractivity contribution in [3.63, 3.8) is 0 Å². The Morgan fingerprint density at radius 1 is 1.45 bits per heavy atom. The molecule has 0 radical (unpaired) electrons. The van der Waals surface area contributed by atoms with Gasteiger partial charge in [-0.25, -0.2) is 0 Å². The van der Waals surface area contributed by atoms with Crippen LogP contribution < -0.4 is 4.84 Å². The van der Waals surface area contributed by atoms with Crippen LogP contribution in [0.2, 0.25) is 0 Å². The smallest absolute Gasteiger partial charge is 0.306 e. The molecule has 0 aliphatic rings. The maximum Gasteiger partial charge on any atom is 0.306 e. The van der Waals surface area contributed by atoms with Gasteiger partial charge in [-0.1, -0.05) is 0 Å². The predicted molar refractivity (Wildman–Crippen MR) is 38.1 cm³/mol. The molecule has 0 aliphatic heterocycles. The summed E-state index contributed by atoms with van der Waals surface area (Å²) in [4.78, 5) is 15.0. The summed E-state index contributed by atoms with van der Waals surface area (Å²) in [6, 6.07) is 3.61. The highest BCUT2D eigenvalue weighted by molar-refractivity contribution is 5.66. The largest absolute Gasteiger partial charge is 0.481 e. The van der Waals surface area contributed by atoms with E-state index < -0.39 is 5.97 Å². The topological polar surface area (TPSA) is 51.5 Å². The third-order valence-electron chi connectivity index (χ3n) is 1.13. The highest BCUT2D eigenvalue weighted by Crippen LogP contribution is 1.86. The van der Waals surface area contributed by atoms with E-state index in [1.54, 1.807) is 24.5 Å². The SMILES string of the molecule is O=C(O)CCOn1cccc1. The molecule has 4 heteroatoms. The van der Waals surface area contributed by atoms with Gasteiger partial charge < -0.3 is 9.94 Å². The summed E-state index contributed by atoms with van der Waals surface area (Å²) in [5.74, 6) is -0.850. The van der Waals surface area contributed by atoms with Crippen LogP contribution in [0.4, 0.5) is 0 Å². The van der Waals surface area contributed by atoms with Gasteiger partial charge in [0.05, 0.1) is 6.42 Å². The molecule has 60 valence electrons. The summed E-state index contributed by atoms with van der Waals surface area (Å²) < 4.78 is 1.48. The molecule has 1 aromatic rings. The van der Waals surface area contributed by atoms with Crippen molar-refractivity contribution in [3.05, 3.63) is 24.5 Å². The average molecular weight is 155 g/mol. The number of carboxylic acids is 1. The van der Waals surface area contributed by atoms with E-state index >= 15 is 0 Å². The fourth-order valence-corrected chi connectivity index (χ4v) is 0.643. The first-order chi connectivity index (χ1) is 5.29. The van der Waals surface area contributed by atoms with Crippen LogP contribution in [-0.2, 0) is 4.79 Å². The van der Waals surface area contributed by atoms with Crippen LogP contribution in [0.5, 0.6) is 0 Å². The number of aromatic nitrogens is 1. The van der Waals surface area contributed by atoms with Crippen molar-refractivity contribution >= 4 is 5.97 Å². The normalized spacial score (nSPS) is 9.45. The summed E-state index contributed by atoms with van der Waals surface area (Å²) in [6.45, 7) is 0.198. The van der Waals surface area contributed by atoms with Gasteiger partial charge in [0.1, 0.15) is 6.61 Å². The summed E-state index contributed by atoms with van der Waals surface area (Å²) in [7, 11) is 0. The third kappa shape index (κ3) is 2.75. The first-order valence-corrected chi connectivity index (χ1v) is 3.27. The molecule has 1 aromatic heterocycles. The molecule has 11 heavy (non-hydrogen) atoms. The molecule has 0 amide bonds. The maximum absolute atomic E-state index is 10.0. The number of nitrogens with zero attached hydrogens (tertiary/aromatic N) is 1. The van der Waals surface area contributed by atoms with E-state index in [9.17, 15) is 4.79 Å². The van der Waals surface area contributed by atoms with Crippen molar-refractivity contribution in [2.45, 2.75) is 6.42 Å².